The van der Waals surface area contributed by atoms with Crippen LogP contribution in [0.25, 0.3) is 0 Å². The number of fused-ring (bicyclic) bond motifs is 6. The highest BCUT2D eigenvalue weighted by molar-refractivity contribution is 5.91. The van der Waals surface area contributed by atoms with E-state index in [-0.39, 0.29) is 121 Å². The Bertz CT molecular complexity index is 3520. The molecule has 0 aliphatic heterocycles. The summed E-state index contributed by atoms with van der Waals surface area (Å²) in [6, 6.07) is 15.0. The van der Waals surface area contributed by atoms with Gasteiger partial charge in [0.15, 0.2) is 0 Å². The SMILES string of the molecule is C=CCOCCCCC1C(C)C(OCC=C)CC1[C@@]1(C=O)CC2C=C(C(C)C)[C@@]1(C(=O)OCc1ccc(OC)cc1)C2.CCCOCCCCC1C(C)C(OCCC)CC1[C@@]1(C=O)CC2C=C(C(C)C)[C@@]1(C(=O)O)C2.COc1ccc(COC(=O)[C@@]23CC(C=C2C(C)C)C[C@]3(C=O)C2CC(O)C(C)C2CCCCO)cc1. The number of benzene rings is 2. The first kappa shape index (κ1) is 88.9. The number of aldehydes is 3. The number of unbranched alkanes of at least 4 members (excludes halogenated alkanes) is 3. The first-order chi connectivity index (χ1) is 53.3. The van der Waals surface area contributed by atoms with Gasteiger partial charge in [0.1, 0.15) is 59.8 Å². The van der Waals surface area contributed by atoms with Crippen LogP contribution in [0.3, 0.4) is 0 Å². The Morgan fingerprint density at radius 3 is 1.28 bits per heavy atom. The molecule has 616 valence electrons. The number of ether oxygens (including phenoxy) is 8. The number of hydrogen-bond acceptors (Lipinski definition) is 16. The van der Waals surface area contributed by atoms with Crippen molar-refractivity contribution >= 4 is 36.8 Å². The Balaban J connectivity index is 0.000000193. The number of aliphatic carboxylic acids is 1. The number of carbonyl (C=O) groups excluding carboxylic acids is 5. The molecule has 0 amide bonds. The van der Waals surface area contributed by atoms with E-state index in [4.69, 9.17) is 37.9 Å². The topological polar surface area (TPSA) is 237 Å². The molecule has 3 N–H and O–H groups in total. The maximum atomic E-state index is 14.5. The van der Waals surface area contributed by atoms with Crippen LogP contribution in [0.4, 0.5) is 0 Å². The highest BCUT2D eigenvalue weighted by Crippen LogP contribution is 2.74. The van der Waals surface area contributed by atoms with Crippen molar-refractivity contribution in [1.29, 1.82) is 0 Å². The molecule has 6 saturated carbocycles. The molecule has 0 aromatic heterocycles. The number of esters is 2. The fraction of sp³-hybridized carbons (Fsp3) is 0.702. The highest BCUT2D eigenvalue weighted by atomic mass is 16.5. The molecule has 17 nitrogen and oxygen atoms in total. The number of allylic oxidation sites excluding steroid dienone is 3. The van der Waals surface area contributed by atoms with Crippen molar-refractivity contribution in [3.63, 3.8) is 0 Å². The lowest BCUT2D eigenvalue weighted by Crippen LogP contribution is -2.53. The summed E-state index contributed by atoms with van der Waals surface area (Å²) in [7, 11) is 3.24. The minimum absolute atomic E-state index is 0.0183. The van der Waals surface area contributed by atoms with Gasteiger partial charge in [0, 0.05) is 49.3 Å². The second kappa shape index (κ2) is 39.5. The predicted molar refractivity (Wildman–Crippen MR) is 432 cm³/mol. The Labute approximate surface area is 664 Å². The van der Waals surface area contributed by atoms with Gasteiger partial charge in [-0.2, -0.15) is 0 Å². The van der Waals surface area contributed by atoms with Crippen molar-refractivity contribution in [3.05, 3.63) is 120 Å². The first-order valence-electron chi connectivity index (χ1n) is 42.6. The second-order valence-corrected chi connectivity index (χ2v) is 35.6. The highest BCUT2D eigenvalue weighted by Gasteiger charge is 2.75. The van der Waals surface area contributed by atoms with Crippen molar-refractivity contribution in [3.8, 4) is 11.5 Å². The van der Waals surface area contributed by atoms with Gasteiger partial charge in [0.25, 0.3) is 0 Å². The van der Waals surface area contributed by atoms with Crippen molar-refractivity contribution in [2.75, 3.05) is 60.5 Å². The van der Waals surface area contributed by atoms with Gasteiger partial charge in [0.2, 0.25) is 0 Å². The summed E-state index contributed by atoms with van der Waals surface area (Å²) in [5, 5.41) is 30.9. The lowest BCUT2D eigenvalue weighted by atomic mass is 9.52. The zero-order valence-corrected chi connectivity index (χ0v) is 69.6. The summed E-state index contributed by atoms with van der Waals surface area (Å²) in [6.07, 6.45) is 29.4. The molecule has 0 spiro atoms. The van der Waals surface area contributed by atoms with Crippen molar-refractivity contribution in [2.24, 2.45) is 121 Å². The number of rotatable bonds is 42. The fourth-order valence-electron chi connectivity index (χ4n) is 23.8. The number of hydrogen-bond donors (Lipinski definition) is 3. The summed E-state index contributed by atoms with van der Waals surface area (Å²) in [6.45, 7) is 35.4. The van der Waals surface area contributed by atoms with Crippen LogP contribution in [0.15, 0.2) is 109 Å². The maximum absolute atomic E-state index is 14.5. The van der Waals surface area contributed by atoms with Crippen molar-refractivity contribution in [2.45, 2.75) is 236 Å². The van der Waals surface area contributed by atoms with Crippen LogP contribution in [-0.4, -0.2) is 131 Å². The molecule has 6 bridgehead atoms. The minimum atomic E-state index is -1.06. The summed E-state index contributed by atoms with van der Waals surface area (Å²) >= 11 is 0. The van der Waals surface area contributed by atoms with Gasteiger partial charge in [-0.25, -0.2) is 0 Å². The summed E-state index contributed by atoms with van der Waals surface area (Å²) in [5.41, 5.74) is -0.719. The first-order valence-corrected chi connectivity index (χ1v) is 42.6. The zero-order chi connectivity index (χ0) is 80.6. The minimum Gasteiger partial charge on any atom is -0.497 e. The Morgan fingerprint density at radius 1 is 0.495 bits per heavy atom. The molecule has 111 heavy (non-hydrogen) atoms. The lowest BCUT2D eigenvalue weighted by molar-refractivity contribution is -0.167. The maximum Gasteiger partial charge on any atom is 0.317 e. The average Bonchev–Trinajstić information content (AvgIpc) is 1.54. The predicted octanol–water partition coefficient (Wildman–Crippen LogP) is 17.8. The normalized spacial score (nSPS) is 34.6. The van der Waals surface area contributed by atoms with Crippen LogP contribution < -0.4 is 9.47 Å². The molecule has 2 aromatic rings. The van der Waals surface area contributed by atoms with Gasteiger partial charge in [-0.05, 0) is 233 Å². The molecule has 11 rings (SSSR count). The van der Waals surface area contributed by atoms with Crippen LogP contribution in [0, 0.1) is 121 Å². The smallest absolute Gasteiger partial charge is 0.317 e. The third-order valence-corrected chi connectivity index (χ3v) is 28.7. The molecule has 17 heteroatoms. The Hall–Kier alpha value is -6.08. The number of carboxylic acid groups (broad SMARTS) is 1. The molecule has 15 unspecified atom stereocenters. The van der Waals surface area contributed by atoms with Crippen LogP contribution in [0.5, 0.6) is 11.5 Å². The summed E-state index contributed by atoms with van der Waals surface area (Å²) in [4.78, 5) is 81.5. The van der Waals surface area contributed by atoms with Gasteiger partial charge >= 0.3 is 17.9 Å². The molecule has 0 heterocycles. The Morgan fingerprint density at radius 2 is 0.883 bits per heavy atom. The lowest BCUT2D eigenvalue weighted by Gasteiger charge is -2.49. The Kier molecular flexibility index (Phi) is 31.6. The molecule has 2 aromatic carbocycles. The molecule has 9 aliphatic rings. The van der Waals surface area contributed by atoms with E-state index in [0.717, 1.165) is 155 Å². The fourth-order valence-corrected chi connectivity index (χ4v) is 23.8. The molecular weight excluding hydrogens is 1400 g/mol. The van der Waals surface area contributed by atoms with E-state index in [1.165, 1.54) is 0 Å². The van der Waals surface area contributed by atoms with E-state index < -0.39 is 44.6 Å². The van der Waals surface area contributed by atoms with Crippen LogP contribution in [0.1, 0.15) is 216 Å². The van der Waals surface area contributed by atoms with Crippen molar-refractivity contribution < 1.29 is 82.0 Å². The number of carboxylic acids is 1. The van der Waals surface area contributed by atoms with Gasteiger partial charge < -0.3 is 67.6 Å². The molecule has 6 fully saturated rings. The molecule has 9 aliphatic carbocycles. The van der Waals surface area contributed by atoms with Crippen molar-refractivity contribution in [1.82, 2.24) is 0 Å². The van der Waals surface area contributed by atoms with Crippen LogP contribution >= 0.6 is 0 Å². The molecule has 0 radical (unpaired) electrons. The monoisotopic (exact) mass is 1540 g/mol. The van der Waals surface area contributed by atoms with E-state index in [9.17, 15) is 44.1 Å². The number of aliphatic hydroxyl groups is 2. The van der Waals surface area contributed by atoms with Gasteiger partial charge in [-0.3, -0.25) is 14.4 Å². The summed E-state index contributed by atoms with van der Waals surface area (Å²) < 4.78 is 46.6. The standard InChI is InChI=1S/C36H50O6.C30H42O6.C28H46O5/c1-7-16-40-18-10-9-11-30-26(5)33(41-17-8-2)20-32(30)35(24-37)21-28-19-31(25(3)4)36(35,22-28)34(38)42-23-27-12-14-29(39-6)15-13-27;1-19(2)25-13-22-15-29(18-32,26-14-27(33)20(3)24(26)7-5-6-12-31)30(25,16-22)28(34)36-17-21-8-10-23(35-4)11-9-21;1-6-11-32-13-9-8-10-22-20(5)25(33-12-7-2)15-24(22)27(18-29)16-21-14-23(19(3)4)28(27,17-21)26(30)31/h7-8,12-15,19,24-26,28,30,32-33H,1-2,9-11,16-18,20-23H2,3-6H3;8-11,13,18-20,22,24,26-27,31,33H,5-7,12,14-17H2,1-4H3;14,18-22,24-25H,6-13,15-17H2,1-5H3,(H,30,31)/t26?,28?,30?,32?,33?,35-,36+;20?,22?,24?,26?,27?,29-,30+;20?,21?,22?,24?,25?,27-,28+/m000/s1. The van der Waals surface area contributed by atoms with Crippen LogP contribution in [-0.2, 0) is 70.4 Å². The third-order valence-electron chi connectivity index (χ3n) is 28.7. The third kappa shape index (κ3) is 17.4. The van der Waals surface area contributed by atoms with E-state index in [1.54, 1.807) is 26.4 Å². The van der Waals surface area contributed by atoms with Gasteiger partial charge in [-0.1, -0.05) is 167 Å². The molecular formula is C94H138O17. The number of aliphatic hydroxyl groups excluding tert-OH is 2. The molecule has 21 atom stereocenters. The van der Waals surface area contributed by atoms with E-state index in [0.29, 0.717) is 83.0 Å². The number of carbonyl (C=O) groups is 6. The summed E-state index contributed by atoms with van der Waals surface area (Å²) in [5.74, 6) is 2.32. The quantitative estimate of drug-likeness (QED) is 0.0242. The van der Waals surface area contributed by atoms with E-state index in [1.807, 2.05) is 48.5 Å². The van der Waals surface area contributed by atoms with Gasteiger partial charge in [0.05, 0.1) is 45.7 Å². The van der Waals surface area contributed by atoms with Crippen LogP contribution in [0.2, 0.25) is 0 Å². The largest absolute Gasteiger partial charge is 0.497 e. The average molecular weight is 1540 g/mol. The zero-order valence-electron chi connectivity index (χ0n) is 69.6. The second-order valence-electron chi connectivity index (χ2n) is 35.6. The van der Waals surface area contributed by atoms with Gasteiger partial charge in [-0.15, -0.1) is 13.2 Å². The molecule has 0 saturated heterocycles. The number of methoxy groups -OCH3 is 2. The van der Waals surface area contributed by atoms with E-state index in [2.05, 4.69) is 108 Å². The van der Waals surface area contributed by atoms with E-state index >= 15 is 0 Å².